The number of aromatic nitrogens is 2. The zero-order valence-electron chi connectivity index (χ0n) is 10.1. The number of nitrogens with two attached hydrogens (primary N) is 1. The van der Waals surface area contributed by atoms with Gasteiger partial charge in [-0.2, -0.15) is 9.36 Å². The first-order chi connectivity index (χ1) is 8.06. The van der Waals surface area contributed by atoms with Crippen LogP contribution in [0, 0.1) is 0 Å². The maximum Gasteiger partial charge on any atom is 0.260 e. The maximum absolute atomic E-state index is 11.8. The summed E-state index contributed by atoms with van der Waals surface area (Å²) in [5.41, 5.74) is 5.37. The standard InChI is InChI=1S/C10H19N3O2S2/c1-2-3-4-5-6-7-8-17(14,15)10-12-9(11)16-13-10/h2-8H2,1H3,(H2,11,12,13). The van der Waals surface area contributed by atoms with Gasteiger partial charge in [0.05, 0.1) is 5.75 Å². The molecule has 0 amide bonds. The Morgan fingerprint density at radius 2 is 1.82 bits per heavy atom. The molecular weight excluding hydrogens is 258 g/mol. The van der Waals surface area contributed by atoms with Crippen LogP contribution in [0.3, 0.4) is 0 Å². The highest BCUT2D eigenvalue weighted by Crippen LogP contribution is 2.14. The summed E-state index contributed by atoms with van der Waals surface area (Å²) in [7, 11) is -3.32. The fraction of sp³-hybridized carbons (Fsp3) is 0.800. The van der Waals surface area contributed by atoms with Gasteiger partial charge in [-0.15, -0.1) is 0 Å². The first-order valence-electron chi connectivity index (χ1n) is 5.88. The summed E-state index contributed by atoms with van der Waals surface area (Å²) in [6.45, 7) is 2.16. The molecule has 2 N–H and O–H groups in total. The number of nitrogen functional groups attached to an aromatic ring is 1. The third-order valence-electron chi connectivity index (χ3n) is 2.47. The van der Waals surface area contributed by atoms with Gasteiger partial charge in [-0.1, -0.05) is 39.0 Å². The van der Waals surface area contributed by atoms with Crippen LogP contribution in [0.4, 0.5) is 5.13 Å². The van der Waals surface area contributed by atoms with Crippen LogP contribution in [0.2, 0.25) is 0 Å². The molecule has 17 heavy (non-hydrogen) atoms. The summed E-state index contributed by atoms with van der Waals surface area (Å²) in [6, 6.07) is 0. The molecule has 98 valence electrons. The molecule has 0 spiro atoms. The maximum atomic E-state index is 11.8. The van der Waals surface area contributed by atoms with Gasteiger partial charge in [0.2, 0.25) is 15.0 Å². The second kappa shape index (κ2) is 6.90. The zero-order chi connectivity index (χ0) is 12.7. The highest BCUT2D eigenvalue weighted by molar-refractivity contribution is 7.91. The van der Waals surface area contributed by atoms with Crippen LogP contribution in [0.5, 0.6) is 0 Å². The molecule has 0 aromatic carbocycles. The molecular formula is C10H19N3O2S2. The Morgan fingerprint density at radius 1 is 1.18 bits per heavy atom. The molecule has 0 atom stereocenters. The highest BCUT2D eigenvalue weighted by atomic mass is 32.2. The van der Waals surface area contributed by atoms with Crippen LogP contribution in [-0.2, 0) is 9.84 Å². The summed E-state index contributed by atoms with van der Waals surface area (Å²) in [6.07, 6.45) is 6.30. The number of unbranched alkanes of at least 4 members (excludes halogenated alkanes) is 5. The van der Waals surface area contributed by atoms with Crippen molar-refractivity contribution >= 4 is 26.5 Å². The summed E-state index contributed by atoms with van der Waals surface area (Å²) in [5, 5.41) is 0.0834. The predicted molar refractivity (Wildman–Crippen MR) is 69.8 cm³/mol. The molecule has 7 heteroatoms. The topological polar surface area (TPSA) is 85.9 Å². The molecule has 1 aromatic heterocycles. The Bertz CT molecular complexity index is 429. The van der Waals surface area contributed by atoms with E-state index >= 15 is 0 Å². The van der Waals surface area contributed by atoms with E-state index in [1.807, 2.05) is 0 Å². The normalized spacial score (nSPS) is 11.8. The van der Waals surface area contributed by atoms with Gasteiger partial charge >= 0.3 is 0 Å². The van der Waals surface area contributed by atoms with Crippen molar-refractivity contribution in [3.05, 3.63) is 0 Å². The molecule has 1 aromatic rings. The lowest BCUT2D eigenvalue weighted by Gasteiger charge is -2.00. The molecule has 0 unspecified atom stereocenters. The van der Waals surface area contributed by atoms with Crippen molar-refractivity contribution in [3.63, 3.8) is 0 Å². The molecule has 1 rings (SSSR count). The largest absolute Gasteiger partial charge is 0.374 e. The lowest BCUT2D eigenvalue weighted by Crippen LogP contribution is -2.08. The molecule has 0 aliphatic heterocycles. The first kappa shape index (κ1) is 14.4. The van der Waals surface area contributed by atoms with E-state index < -0.39 is 9.84 Å². The average Bonchev–Trinajstić information content (AvgIpc) is 2.71. The Balaban J connectivity index is 2.31. The molecule has 0 saturated carbocycles. The number of anilines is 1. The lowest BCUT2D eigenvalue weighted by atomic mass is 10.1. The number of nitrogens with zero attached hydrogens (tertiary/aromatic N) is 2. The van der Waals surface area contributed by atoms with Gasteiger partial charge in [-0.25, -0.2) is 8.42 Å². The molecule has 1 heterocycles. The fourth-order valence-corrected chi connectivity index (χ4v) is 3.48. The minimum absolute atomic E-state index is 0.117. The van der Waals surface area contributed by atoms with Gasteiger partial charge in [-0.3, -0.25) is 0 Å². The van der Waals surface area contributed by atoms with E-state index in [1.165, 1.54) is 19.3 Å². The van der Waals surface area contributed by atoms with E-state index in [1.54, 1.807) is 0 Å². The summed E-state index contributed by atoms with van der Waals surface area (Å²) >= 11 is 0.919. The third-order valence-corrected chi connectivity index (χ3v) is 4.69. The Morgan fingerprint density at radius 3 is 2.41 bits per heavy atom. The number of hydrogen-bond acceptors (Lipinski definition) is 6. The Labute approximate surface area is 107 Å². The van der Waals surface area contributed by atoms with Crippen molar-refractivity contribution in [3.8, 4) is 0 Å². The molecule has 0 aliphatic rings. The monoisotopic (exact) mass is 277 g/mol. The molecule has 0 fully saturated rings. The second-order valence-corrected chi connectivity index (χ2v) is 6.79. The van der Waals surface area contributed by atoms with Crippen LogP contribution in [0.1, 0.15) is 45.4 Å². The van der Waals surface area contributed by atoms with Crippen molar-refractivity contribution in [2.75, 3.05) is 11.5 Å². The van der Waals surface area contributed by atoms with Crippen molar-refractivity contribution in [1.29, 1.82) is 0 Å². The molecule has 0 aliphatic carbocycles. The summed E-state index contributed by atoms with van der Waals surface area (Å²) < 4.78 is 27.3. The molecule has 0 saturated heterocycles. The zero-order valence-corrected chi connectivity index (χ0v) is 11.7. The summed E-state index contributed by atoms with van der Waals surface area (Å²) in [4.78, 5) is 3.71. The summed E-state index contributed by atoms with van der Waals surface area (Å²) in [5.74, 6) is 0.120. The third kappa shape index (κ3) is 4.99. The SMILES string of the molecule is CCCCCCCCS(=O)(=O)c1nsc(N)n1. The van der Waals surface area contributed by atoms with Crippen molar-refractivity contribution in [1.82, 2.24) is 9.36 Å². The molecule has 0 bridgehead atoms. The lowest BCUT2D eigenvalue weighted by molar-refractivity contribution is 0.578. The quantitative estimate of drug-likeness (QED) is 0.736. The predicted octanol–water partition coefficient (Wildman–Crippen LogP) is 2.25. The van der Waals surface area contributed by atoms with Gasteiger partial charge in [0, 0.05) is 11.5 Å². The van der Waals surface area contributed by atoms with E-state index in [9.17, 15) is 8.42 Å². The van der Waals surface area contributed by atoms with Crippen molar-refractivity contribution in [2.24, 2.45) is 0 Å². The molecule has 5 nitrogen and oxygen atoms in total. The van der Waals surface area contributed by atoms with Crippen LogP contribution < -0.4 is 5.73 Å². The van der Waals surface area contributed by atoms with Gasteiger partial charge < -0.3 is 5.73 Å². The fourth-order valence-electron chi connectivity index (χ4n) is 1.51. The van der Waals surface area contributed by atoms with Crippen LogP contribution >= 0.6 is 11.5 Å². The van der Waals surface area contributed by atoms with Crippen LogP contribution in [-0.4, -0.2) is 23.5 Å². The van der Waals surface area contributed by atoms with Crippen LogP contribution in [0.15, 0.2) is 5.16 Å². The highest BCUT2D eigenvalue weighted by Gasteiger charge is 2.19. The van der Waals surface area contributed by atoms with Crippen molar-refractivity contribution < 1.29 is 8.42 Å². The minimum Gasteiger partial charge on any atom is -0.374 e. The van der Waals surface area contributed by atoms with E-state index in [4.69, 9.17) is 5.73 Å². The van der Waals surface area contributed by atoms with Gasteiger partial charge in [0.15, 0.2) is 0 Å². The van der Waals surface area contributed by atoms with Gasteiger partial charge in [0.1, 0.15) is 0 Å². The number of hydrogen-bond donors (Lipinski definition) is 1. The van der Waals surface area contributed by atoms with Crippen LogP contribution in [0.25, 0.3) is 0 Å². The second-order valence-electron chi connectivity index (χ2n) is 4.00. The van der Waals surface area contributed by atoms with E-state index in [-0.39, 0.29) is 16.0 Å². The minimum atomic E-state index is -3.32. The number of rotatable bonds is 8. The smallest absolute Gasteiger partial charge is 0.260 e. The van der Waals surface area contributed by atoms with Gasteiger partial charge in [0.25, 0.3) is 5.16 Å². The Kier molecular flexibility index (Phi) is 5.84. The van der Waals surface area contributed by atoms with Gasteiger partial charge in [-0.05, 0) is 6.42 Å². The van der Waals surface area contributed by atoms with E-state index in [0.29, 0.717) is 6.42 Å². The van der Waals surface area contributed by atoms with Crippen molar-refractivity contribution in [2.45, 2.75) is 50.6 Å². The van der Waals surface area contributed by atoms with E-state index in [0.717, 1.165) is 24.4 Å². The number of sulfone groups is 1. The average molecular weight is 277 g/mol. The molecule has 0 radical (unpaired) electrons. The Hall–Kier alpha value is -0.690. The van der Waals surface area contributed by atoms with E-state index in [2.05, 4.69) is 16.3 Å². The first-order valence-corrected chi connectivity index (χ1v) is 8.31.